The Bertz CT molecular complexity index is 1590. The van der Waals surface area contributed by atoms with E-state index in [1.54, 1.807) is 50.2 Å². The number of carbonyl (C=O) groups excluding carboxylic acids is 2. The van der Waals surface area contributed by atoms with Crippen LogP contribution in [0.25, 0.3) is 5.57 Å². The van der Waals surface area contributed by atoms with E-state index in [0.29, 0.717) is 32.3 Å². The molecule has 34 heavy (non-hydrogen) atoms. The van der Waals surface area contributed by atoms with Gasteiger partial charge in [-0.25, -0.2) is 9.79 Å². The molecule has 2 aromatic carbocycles. The number of aromatic nitrogens is 1. The van der Waals surface area contributed by atoms with Crippen LogP contribution in [-0.2, 0) is 14.3 Å². The first-order valence-electron chi connectivity index (χ1n) is 10.4. The van der Waals surface area contributed by atoms with Gasteiger partial charge < -0.3 is 10.1 Å². The van der Waals surface area contributed by atoms with Crippen LogP contribution in [0.2, 0.25) is 5.02 Å². The van der Waals surface area contributed by atoms with E-state index in [4.69, 9.17) is 16.3 Å². The molecule has 0 saturated heterocycles. The van der Waals surface area contributed by atoms with Crippen molar-refractivity contribution in [3.8, 4) is 0 Å². The van der Waals surface area contributed by atoms with Crippen molar-refractivity contribution in [2.75, 3.05) is 11.9 Å². The van der Waals surface area contributed by atoms with Crippen LogP contribution < -0.4 is 20.2 Å². The number of halogens is 2. The quantitative estimate of drug-likeness (QED) is 0.498. The smallest absolute Gasteiger partial charge is 0.338 e. The van der Waals surface area contributed by atoms with Gasteiger partial charge in [-0.15, -0.1) is 0 Å². The minimum atomic E-state index is -0.770. The predicted molar refractivity (Wildman–Crippen MR) is 134 cm³/mol. The maximum atomic E-state index is 13.8. The van der Waals surface area contributed by atoms with Crippen molar-refractivity contribution in [1.82, 2.24) is 4.57 Å². The highest BCUT2D eigenvalue weighted by Gasteiger charge is 2.35. The third-order valence-corrected chi connectivity index (χ3v) is 7.43. The molecule has 1 aromatic heterocycles. The van der Waals surface area contributed by atoms with E-state index in [0.717, 1.165) is 15.8 Å². The van der Waals surface area contributed by atoms with E-state index in [2.05, 4.69) is 26.2 Å². The third-order valence-electron chi connectivity index (χ3n) is 5.63. The highest BCUT2D eigenvalue weighted by molar-refractivity contribution is 9.10. The molecule has 3 aromatic rings. The number of nitrogens with one attached hydrogen (secondary N) is 1. The van der Waals surface area contributed by atoms with Crippen LogP contribution in [0.5, 0.6) is 0 Å². The lowest BCUT2D eigenvalue weighted by atomic mass is 9.96. The number of hydrogen-bond acceptors (Lipinski definition) is 6. The molecular formula is C24H17BrClN3O4S. The van der Waals surface area contributed by atoms with Crippen molar-refractivity contribution < 1.29 is 14.3 Å². The minimum absolute atomic E-state index is 0.184. The number of esters is 1. The molecule has 1 atom stereocenters. The van der Waals surface area contributed by atoms with E-state index in [1.807, 2.05) is 6.07 Å². The molecule has 172 valence electrons. The first-order chi connectivity index (χ1) is 16.3. The maximum absolute atomic E-state index is 13.8. The summed E-state index contributed by atoms with van der Waals surface area (Å²) in [6.45, 7) is 3.62. The fourth-order valence-corrected chi connectivity index (χ4v) is 5.80. The Morgan fingerprint density at radius 3 is 2.68 bits per heavy atom. The standard InChI is InChI=1S/C24H17BrClN3O4S/c1-3-33-23(32)17-11(2)27-24-29(19(17)12-4-7-14(26)8-5-12)22(31)20(34-24)18-15-10-13(25)6-9-16(15)28-21(18)30/h4-10,19H,3H2,1-2H3,(H,28,30)/b20-18-/t19-/m1/s1. The topological polar surface area (TPSA) is 89.8 Å². The molecule has 7 nitrogen and oxygen atoms in total. The Kier molecular flexibility index (Phi) is 5.79. The maximum Gasteiger partial charge on any atom is 0.338 e. The van der Waals surface area contributed by atoms with E-state index in [9.17, 15) is 14.4 Å². The summed E-state index contributed by atoms with van der Waals surface area (Å²) in [4.78, 5) is 44.6. The molecule has 10 heteroatoms. The van der Waals surface area contributed by atoms with Crippen LogP contribution in [0.3, 0.4) is 0 Å². The lowest BCUT2D eigenvalue weighted by Crippen LogP contribution is -2.40. The molecule has 0 fully saturated rings. The van der Waals surface area contributed by atoms with Crippen LogP contribution in [0.4, 0.5) is 5.69 Å². The molecule has 1 N–H and O–H groups in total. The van der Waals surface area contributed by atoms with Crippen LogP contribution >= 0.6 is 38.9 Å². The Hall–Kier alpha value is -3.01. The van der Waals surface area contributed by atoms with Crippen molar-refractivity contribution in [2.45, 2.75) is 19.9 Å². The molecule has 0 bridgehead atoms. The van der Waals surface area contributed by atoms with Gasteiger partial charge in [0.2, 0.25) is 0 Å². The molecule has 0 radical (unpaired) electrons. The summed E-state index contributed by atoms with van der Waals surface area (Å²) >= 11 is 10.6. The van der Waals surface area contributed by atoms with Crippen molar-refractivity contribution >= 4 is 62.0 Å². The first-order valence-corrected chi connectivity index (χ1v) is 12.4. The highest BCUT2D eigenvalue weighted by atomic mass is 79.9. The Balaban J connectivity index is 1.82. The Labute approximate surface area is 211 Å². The van der Waals surface area contributed by atoms with Crippen molar-refractivity contribution in [3.05, 3.63) is 94.0 Å². The van der Waals surface area contributed by atoms with Gasteiger partial charge >= 0.3 is 5.97 Å². The first kappa shape index (κ1) is 22.8. The molecule has 0 spiro atoms. The van der Waals surface area contributed by atoms with Gasteiger partial charge in [0.15, 0.2) is 4.80 Å². The lowest BCUT2D eigenvalue weighted by molar-refractivity contribution is -0.139. The number of allylic oxidation sites excluding steroid dienone is 1. The predicted octanol–water partition coefficient (Wildman–Crippen LogP) is 3.54. The zero-order valence-electron chi connectivity index (χ0n) is 18.0. The average Bonchev–Trinajstić information content (AvgIpc) is 3.28. The van der Waals surface area contributed by atoms with Crippen LogP contribution in [-0.4, -0.2) is 23.1 Å². The lowest BCUT2D eigenvalue weighted by Gasteiger charge is -2.24. The van der Waals surface area contributed by atoms with Crippen molar-refractivity contribution in [2.24, 2.45) is 4.99 Å². The van der Waals surface area contributed by atoms with Gasteiger partial charge in [0.25, 0.3) is 11.5 Å². The van der Waals surface area contributed by atoms with E-state index >= 15 is 0 Å². The van der Waals surface area contributed by atoms with Crippen LogP contribution in [0.15, 0.2) is 68.0 Å². The number of anilines is 1. The molecule has 3 heterocycles. The zero-order valence-corrected chi connectivity index (χ0v) is 21.2. The largest absolute Gasteiger partial charge is 0.463 e. The second kappa shape index (κ2) is 8.65. The van der Waals surface area contributed by atoms with Gasteiger partial charge in [0.1, 0.15) is 4.53 Å². The third kappa shape index (κ3) is 3.64. The Morgan fingerprint density at radius 1 is 1.24 bits per heavy atom. The summed E-state index contributed by atoms with van der Waals surface area (Å²) in [5, 5.41) is 3.34. The van der Waals surface area contributed by atoms with Gasteiger partial charge in [0.05, 0.1) is 29.5 Å². The minimum Gasteiger partial charge on any atom is -0.463 e. The fraction of sp³-hybridized carbons (Fsp3) is 0.167. The number of amides is 1. The number of fused-ring (bicyclic) bond motifs is 2. The van der Waals surface area contributed by atoms with Crippen molar-refractivity contribution in [1.29, 1.82) is 0 Å². The number of carbonyl (C=O) groups is 2. The van der Waals surface area contributed by atoms with E-state index in [-0.39, 0.29) is 28.2 Å². The van der Waals surface area contributed by atoms with Crippen LogP contribution in [0, 0.1) is 0 Å². The summed E-state index contributed by atoms with van der Waals surface area (Å²) in [7, 11) is 0. The summed E-state index contributed by atoms with van der Waals surface area (Å²) in [6, 6.07) is 11.6. The number of thiazole rings is 1. The molecule has 2 aliphatic rings. The molecule has 5 rings (SSSR count). The average molecular weight is 559 g/mol. The number of nitrogens with zero attached hydrogens (tertiary/aromatic N) is 2. The highest BCUT2D eigenvalue weighted by Crippen LogP contribution is 2.34. The summed E-state index contributed by atoms with van der Waals surface area (Å²) in [6.07, 6.45) is 0. The van der Waals surface area contributed by atoms with Gasteiger partial charge in [-0.1, -0.05) is 51.0 Å². The normalized spacial score (nSPS) is 18.2. The summed E-state index contributed by atoms with van der Waals surface area (Å²) in [5.74, 6) is -0.905. The number of hydrogen-bond donors (Lipinski definition) is 1. The van der Waals surface area contributed by atoms with E-state index in [1.165, 1.54) is 4.57 Å². The summed E-state index contributed by atoms with van der Waals surface area (Å²) in [5.41, 5.74) is 2.55. The SMILES string of the molecule is CCOC(=O)C1=C(C)N=c2s/c(=C3\C(=O)Nc4ccc(Br)cc43)c(=O)n2[C@@H]1c1ccc(Cl)cc1. The fourth-order valence-electron chi connectivity index (χ4n) is 4.17. The molecular weight excluding hydrogens is 542 g/mol. The van der Waals surface area contributed by atoms with Gasteiger partial charge in [-0.3, -0.25) is 14.2 Å². The van der Waals surface area contributed by atoms with E-state index < -0.39 is 17.6 Å². The second-order valence-electron chi connectivity index (χ2n) is 7.69. The second-order valence-corrected chi connectivity index (χ2v) is 10.0. The van der Waals surface area contributed by atoms with Crippen molar-refractivity contribution in [3.63, 3.8) is 0 Å². The number of benzene rings is 2. The molecule has 1 amide bonds. The van der Waals surface area contributed by atoms with Gasteiger partial charge in [-0.2, -0.15) is 0 Å². The molecule has 2 aliphatic heterocycles. The Morgan fingerprint density at radius 2 is 1.97 bits per heavy atom. The molecule has 0 aliphatic carbocycles. The molecule has 0 saturated carbocycles. The van der Waals surface area contributed by atoms with Gasteiger partial charge in [0, 0.05) is 20.7 Å². The molecule has 0 unspecified atom stereocenters. The zero-order chi connectivity index (χ0) is 24.1. The number of rotatable bonds is 3. The monoisotopic (exact) mass is 557 g/mol. The number of ether oxygens (including phenoxy) is 1. The van der Waals surface area contributed by atoms with Crippen LogP contribution in [0.1, 0.15) is 31.0 Å². The van der Waals surface area contributed by atoms with Gasteiger partial charge in [-0.05, 0) is 49.7 Å². The summed E-state index contributed by atoms with van der Waals surface area (Å²) < 4.78 is 7.79.